The molecule has 0 bridgehead atoms. The Kier molecular flexibility index (Phi) is 5.42. The first kappa shape index (κ1) is 17.3. The molecule has 0 aliphatic heterocycles. The number of carbonyl (C=O) groups excluding carboxylic acids is 2. The smallest absolute Gasteiger partial charge is 0.331 e. The van der Waals surface area contributed by atoms with Crippen LogP contribution in [0.4, 0.5) is 5.82 Å². The molecule has 0 aromatic carbocycles. The molecule has 2 rings (SSSR count). The summed E-state index contributed by atoms with van der Waals surface area (Å²) in [5, 5.41) is 2.68. The minimum Gasteiger partial charge on any atom is -0.457 e. The molecular formula is C18H19N3O3. The van der Waals surface area contributed by atoms with Gasteiger partial charge in [-0.2, -0.15) is 0 Å². The van der Waals surface area contributed by atoms with Crippen LogP contribution >= 0.6 is 0 Å². The molecule has 0 unspecified atom stereocenters. The predicted octanol–water partition coefficient (Wildman–Crippen LogP) is 3.08. The van der Waals surface area contributed by atoms with E-state index in [0.717, 1.165) is 5.56 Å². The fraction of sp³-hybridized carbons (Fsp3) is 0.222. The van der Waals surface area contributed by atoms with Crippen LogP contribution in [0.3, 0.4) is 0 Å². The maximum absolute atomic E-state index is 12.0. The number of nitrogens with one attached hydrogen (secondary N) is 1. The van der Waals surface area contributed by atoms with Crippen molar-refractivity contribution in [2.24, 2.45) is 0 Å². The van der Waals surface area contributed by atoms with Crippen molar-refractivity contribution in [2.45, 2.75) is 26.4 Å². The third-order valence-corrected chi connectivity index (χ3v) is 2.77. The lowest BCUT2D eigenvalue weighted by atomic mass is 10.2. The molecule has 6 nitrogen and oxygen atoms in total. The highest BCUT2D eigenvalue weighted by atomic mass is 16.6. The summed E-state index contributed by atoms with van der Waals surface area (Å²) in [6.45, 7) is 5.42. The van der Waals surface area contributed by atoms with E-state index in [9.17, 15) is 9.59 Å². The monoisotopic (exact) mass is 325 g/mol. The fourth-order valence-corrected chi connectivity index (χ4v) is 1.76. The summed E-state index contributed by atoms with van der Waals surface area (Å²) in [5.41, 5.74) is 0.647. The van der Waals surface area contributed by atoms with Crippen molar-refractivity contribution in [1.82, 2.24) is 9.97 Å². The number of hydrogen-bond acceptors (Lipinski definition) is 5. The number of nitrogens with zero attached hydrogens (tertiary/aromatic N) is 2. The van der Waals surface area contributed by atoms with Gasteiger partial charge >= 0.3 is 5.97 Å². The number of carbonyl (C=O) groups is 2. The van der Waals surface area contributed by atoms with Gasteiger partial charge in [0.2, 0.25) is 0 Å². The molecule has 0 fully saturated rings. The van der Waals surface area contributed by atoms with Crippen LogP contribution in [0.2, 0.25) is 0 Å². The van der Waals surface area contributed by atoms with E-state index >= 15 is 0 Å². The van der Waals surface area contributed by atoms with E-state index in [1.54, 1.807) is 63.5 Å². The Morgan fingerprint density at radius 2 is 1.96 bits per heavy atom. The molecule has 0 atom stereocenters. The highest BCUT2D eigenvalue weighted by Gasteiger charge is 2.13. The van der Waals surface area contributed by atoms with Gasteiger partial charge in [0.15, 0.2) is 0 Å². The molecule has 0 aliphatic rings. The van der Waals surface area contributed by atoms with Crippen LogP contribution in [0.5, 0.6) is 0 Å². The van der Waals surface area contributed by atoms with Gasteiger partial charge in [-0.1, -0.05) is 0 Å². The highest BCUT2D eigenvalue weighted by Crippen LogP contribution is 2.10. The minimum absolute atomic E-state index is 0.285. The molecule has 2 heterocycles. The number of anilines is 1. The topological polar surface area (TPSA) is 81.2 Å². The normalized spacial score (nSPS) is 11.3. The summed E-state index contributed by atoms with van der Waals surface area (Å²) >= 11 is 0. The molecule has 2 aromatic rings. The Balaban J connectivity index is 1.96. The second-order valence-corrected chi connectivity index (χ2v) is 6.04. The maximum Gasteiger partial charge on any atom is 0.331 e. The summed E-state index contributed by atoms with van der Waals surface area (Å²) < 4.78 is 5.18. The van der Waals surface area contributed by atoms with Crippen molar-refractivity contribution >= 4 is 23.8 Å². The first-order chi connectivity index (χ1) is 11.3. The average Bonchev–Trinajstić information content (AvgIpc) is 2.53. The molecule has 0 aliphatic carbocycles. The zero-order chi connectivity index (χ0) is 17.6. The van der Waals surface area contributed by atoms with Crippen molar-refractivity contribution in [1.29, 1.82) is 0 Å². The number of pyridine rings is 2. The minimum atomic E-state index is -0.528. The molecule has 6 heteroatoms. The van der Waals surface area contributed by atoms with Crippen LogP contribution in [0, 0.1) is 0 Å². The predicted molar refractivity (Wildman–Crippen MR) is 91.3 cm³/mol. The van der Waals surface area contributed by atoms with Gasteiger partial charge in [0.05, 0.1) is 5.56 Å². The zero-order valence-corrected chi connectivity index (χ0v) is 13.8. The molecule has 0 spiro atoms. The van der Waals surface area contributed by atoms with E-state index < -0.39 is 11.6 Å². The number of amides is 1. The molecule has 2 aromatic heterocycles. The lowest BCUT2D eigenvalue weighted by molar-refractivity contribution is -0.148. The molecule has 1 N–H and O–H groups in total. The standard InChI is InChI=1S/C18H19N3O3/c1-18(2,3)24-16(22)9-7-13-6-8-15(20-11-13)21-17(23)14-5-4-10-19-12-14/h4-12H,1-3H3,(H,20,21,23). The van der Waals surface area contributed by atoms with Crippen LogP contribution in [0.15, 0.2) is 48.9 Å². The number of ether oxygens (including phenoxy) is 1. The fourth-order valence-electron chi connectivity index (χ4n) is 1.76. The van der Waals surface area contributed by atoms with Crippen LogP contribution < -0.4 is 5.32 Å². The quantitative estimate of drug-likeness (QED) is 0.690. The van der Waals surface area contributed by atoms with Crippen molar-refractivity contribution < 1.29 is 14.3 Å². The summed E-state index contributed by atoms with van der Waals surface area (Å²) in [7, 11) is 0. The zero-order valence-electron chi connectivity index (χ0n) is 13.8. The van der Waals surface area contributed by atoms with Gasteiger partial charge in [0, 0.05) is 24.7 Å². The first-order valence-corrected chi connectivity index (χ1v) is 7.42. The Hall–Kier alpha value is -3.02. The van der Waals surface area contributed by atoms with Gasteiger partial charge in [-0.3, -0.25) is 9.78 Å². The molecule has 0 saturated carbocycles. The number of rotatable bonds is 4. The summed E-state index contributed by atoms with van der Waals surface area (Å²) in [6, 6.07) is 6.75. The number of hydrogen-bond donors (Lipinski definition) is 1. The molecular weight excluding hydrogens is 306 g/mol. The maximum atomic E-state index is 12.0. The largest absolute Gasteiger partial charge is 0.457 e. The van der Waals surface area contributed by atoms with Crippen LogP contribution in [0.1, 0.15) is 36.7 Å². The van der Waals surface area contributed by atoms with E-state index in [1.165, 1.54) is 12.3 Å². The third-order valence-electron chi connectivity index (χ3n) is 2.77. The van der Waals surface area contributed by atoms with Crippen molar-refractivity contribution in [2.75, 3.05) is 5.32 Å². The SMILES string of the molecule is CC(C)(C)OC(=O)C=Cc1ccc(NC(=O)c2cccnc2)nc1. The van der Waals surface area contributed by atoms with Gasteiger partial charge in [-0.25, -0.2) is 9.78 Å². The highest BCUT2D eigenvalue weighted by molar-refractivity contribution is 6.03. The van der Waals surface area contributed by atoms with E-state index in [4.69, 9.17) is 4.74 Å². The molecule has 124 valence electrons. The summed E-state index contributed by atoms with van der Waals surface area (Å²) in [4.78, 5) is 31.6. The summed E-state index contributed by atoms with van der Waals surface area (Å²) in [6.07, 6.45) is 7.58. The van der Waals surface area contributed by atoms with E-state index in [1.807, 2.05) is 0 Å². The van der Waals surface area contributed by atoms with Crippen LogP contribution in [-0.2, 0) is 9.53 Å². The Morgan fingerprint density at radius 1 is 1.17 bits per heavy atom. The number of esters is 1. The second kappa shape index (κ2) is 7.50. The van der Waals surface area contributed by atoms with Gasteiger partial charge < -0.3 is 10.1 Å². The molecule has 1 amide bonds. The Bertz CT molecular complexity index is 732. The molecule has 0 saturated heterocycles. The van der Waals surface area contributed by atoms with Crippen molar-refractivity contribution in [3.63, 3.8) is 0 Å². The van der Waals surface area contributed by atoms with Gasteiger partial charge in [0.1, 0.15) is 11.4 Å². The third kappa shape index (κ3) is 5.64. The van der Waals surface area contributed by atoms with E-state index in [0.29, 0.717) is 11.4 Å². The molecule has 0 radical (unpaired) electrons. The molecule has 24 heavy (non-hydrogen) atoms. The van der Waals surface area contributed by atoms with Gasteiger partial charge in [-0.05, 0) is 56.7 Å². The lowest BCUT2D eigenvalue weighted by Crippen LogP contribution is -2.22. The lowest BCUT2D eigenvalue weighted by Gasteiger charge is -2.17. The van der Waals surface area contributed by atoms with Gasteiger partial charge in [-0.15, -0.1) is 0 Å². The van der Waals surface area contributed by atoms with E-state index in [2.05, 4.69) is 15.3 Å². The van der Waals surface area contributed by atoms with Crippen molar-refractivity contribution in [3.05, 3.63) is 60.1 Å². The second-order valence-electron chi connectivity index (χ2n) is 6.04. The number of aromatic nitrogens is 2. The van der Waals surface area contributed by atoms with Crippen LogP contribution in [-0.4, -0.2) is 27.4 Å². The first-order valence-electron chi connectivity index (χ1n) is 7.42. The van der Waals surface area contributed by atoms with Gasteiger partial charge in [0.25, 0.3) is 5.91 Å². The van der Waals surface area contributed by atoms with E-state index in [-0.39, 0.29) is 5.91 Å². The summed E-state index contributed by atoms with van der Waals surface area (Å²) in [5.74, 6) is -0.289. The Morgan fingerprint density at radius 3 is 2.54 bits per heavy atom. The van der Waals surface area contributed by atoms with Crippen molar-refractivity contribution in [3.8, 4) is 0 Å². The average molecular weight is 325 g/mol. The van der Waals surface area contributed by atoms with Crippen LogP contribution in [0.25, 0.3) is 6.08 Å². The Labute approximate surface area is 140 Å².